The van der Waals surface area contributed by atoms with Gasteiger partial charge in [-0.25, -0.2) is 4.39 Å². The van der Waals surface area contributed by atoms with Crippen molar-refractivity contribution in [2.75, 3.05) is 6.67 Å². The van der Waals surface area contributed by atoms with Crippen LogP contribution in [0.1, 0.15) is 28.6 Å². The second kappa shape index (κ2) is 4.63. The number of rotatable bonds is 4. The molecule has 0 bridgehead atoms. The van der Waals surface area contributed by atoms with Gasteiger partial charge in [0.15, 0.2) is 6.23 Å². The molecule has 0 fully saturated rings. The van der Waals surface area contributed by atoms with Crippen molar-refractivity contribution in [3.63, 3.8) is 0 Å². The number of amides is 1. The minimum atomic E-state index is -1.17. The van der Waals surface area contributed by atoms with Gasteiger partial charge in [0.2, 0.25) is 0 Å². The van der Waals surface area contributed by atoms with Crippen molar-refractivity contribution in [3.05, 3.63) is 35.4 Å². The van der Waals surface area contributed by atoms with Crippen molar-refractivity contribution in [2.24, 2.45) is 0 Å². The zero-order valence-electron chi connectivity index (χ0n) is 9.04. The van der Waals surface area contributed by atoms with Crippen molar-refractivity contribution in [3.8, 4) is 0 Å². The van der Waals surface area contributed by atoms with E-state index in [2.05, 4.69) is 0 Å². The van der Waals surface area contributed by atoms with Gasteiger partial charge in [-0.2, -0.15) is 0 Å². The Morgan fingerprint density at radius 3 is 2.76 bits per heavy atom. The lowest BCUT2D eigenvalue weighted by molar-refractivity contribution is -0.109. The van der Waals surface area contributed by atoms with Crippen LogP contribution in [-0.2, 0) is 4.79 Å². The molecule has 0 saturated carbocycles. The van der Waals surface area contributed by atoms with Crippen LogP contribution in [0.4, 0.5) is 4.39 Å². The van der Waals surface area contributed by atoms with Crippen LogP contribution in [0.15, 0.2) is 24.3 Å². The summed E-state index contributed by atoms with van der Waals surface area (Å²) in [6.07, 6.45) is -0.736. The highest BCUT2D eigenvalue weighted by molar-refractivity contribution is 5.99. The Kier molecular flexibility index (Phi) is 3.19. The standard InChI is InChI=1S/C12H12FNO3/c13-7-8(5-6-15)14-11(16)9-3-1-2-4-10(9)12(14)17/h1-4,6,8,11,16H,5,7H2/t8-,11?/m0/s1. The molecule has 0 radical (unpaired) electrons. The third-order valence-corrected chi connectivity index (χ3v) is 2.91. The number of fused-ring (bicyclic) bond motifs is 1. The van der Waals surface area contributed by atoms with Gasteiger partial charge in [-0.15, -0.1) is 0 Å². The Hall–Kier alpha value is -1.75. The summed E-state index contributed by atoms with van der Waals surface area (Å²) in [7, 11) is 0. The molecule has 0 saturated heterocycles. The molecule has 1 N–H and O–H groups in total. The fourth-order valence-electron chi connectivity index (χ4n) is 2.04. The number of carbonyl (C=O) groups is 2. The van der Waals surface area contributed by atoms with Crippen LogP contribution in [0.3, 0.4) is 0 Å². The van der Waals surface area contributed by atoms with Crippen LogP contribution in [0.25, 0.3) is 0 Å². The first kappa shape index (κ1) is 11.7. The maximum Gasteiger partial charge on any atom is 0.256 e. The fourth-order valence-corrected chi connectivity index (χ4v) is 2.04. The van der Waals surface area contributed by atoms with E-state index in [1.165, 1.54) is 0 Å². The Morgan fingerprint density at radius 2 is 2.18 bits per heavy atom. The Bertz CT molecular complexity index is 449. The molecule has 1 aliphatic rings. The van der Waals surface area contributed by atoms with Gasteiger partial charge >= 0.3 is 0 Å². The van der Waals surface area contributed by atoms with Crippen LogP contribution < -0.4 is 0 Å². The van der Waals surface area contributed by atoms with Crippen LogP contribution in [-0.4, -0.2) is 34.9 Å². The van der Waals surface area contributed by atoms with E-state index in [4.69, 9.17) is 0 Å². The number of aliphatic hydroxyl groups excluding tert-OH is 1. The molecule has 4 nitrogen and oxygen atoms in total. The zero-order valence-corrected chi connectivity index (χ0v) is 9.04. The molecule has 2 atom stereocenters. The van der Waals surface area contributed by atoms with Gasteiger partial charge in [0.05, 0.1) is 6.04 Å². The Labute approximate surface area is 97.7 Å². The first-order valence-electron chi connectivity index (χ1n) is 5.30. The molecule has 1 heterocycles. The number of benzene rings is 1. The maximum absolute atomic E-state index is 12.8. The lowest BCUT2D eigenvalue weighted by Gasteiger charge is -2.27. The quantitative estimate of drug-likeness (QED) is 0.796. The van der Waals surface area contributed by atoms with Crippen LogP contribution in [0.2, 0.25) is 0 Å². The fraction of sp³-hybridized carbons (Fsp3) is 0.333. The predicted octanol–water partition coefficient (Wildman–Crippen LogP) is 1.06. The molecule has 1 unspecified atom stereocenters. The number of alkyl halides is 1. The van der Waals surface area contributed by atoms with Crippen molar-refractivity contribution in [2.45, 2.75) is 18.7 Å². The normalized spacial score (nSPS) is 20.2. The van der Waals surface area contributed by atoms with Crippen LogP contribution in [0, 0.1) is 0 Å². The molecule has 1 aliphatic heterocycles. The molecule has 2 rings (SSSR count). The topological polar surface area (TPSA) is 57.6 Å². The minimum absolute atomic E-state index is 0.118. The average molecular weight is 237 g/mol. The van der Waals surface area contributed by atoms with Crippen LogP contribution in [0.5, 0.6) is 0 Å². The first-order valence-corrected chi connectivity index (χ1v) is 5.30. The Morgan fingerprint density at radius 1 is 1.47 bits per heavy atom. The van der Waals surface area contributed by atoms with E-state index in [1.54, 1.807) is 24.3 Å². The third-order valence-electron chi connectivity index (χ3n) is 2.91. The molecular formula is C12H12FNO3. The summed E-state index contributed by atoms with van der Waals surface area (Å²) in [5.74, 6) is -0.433. The summed E-state index contributed by atoms with van der Waals surface area (Å²) in [4.78, 5) is 23.4. The number of hydrogen-bond donors (Lipinski definition) is 1. The number of aldehydes is 1. The van der Waals surface area contributed by atoms with Gasteiger partial charge in [-0.3, -0.25) is 4.79 Å². The van der Waals surface area contributed by atoms with E-state index in [0.717, 1.165) is 4.90 Å². The lowest BCUT2D eigenvalue weighted by atomic mass is 10.1. The molecule has 90 valence electrons. The summed E-state index contributed by atoms with van der Waals surface area (Å²) < 4.78 is 12.8. The maximum atomic E-state index is 12.8. The SMILES string of the molecule is O=CC[C@@H](CF)N1C(=O)c2ccccc2C1O. The molecule has 0 spiro atoms. The monoisotopic (exact) mass is 237 g/mol. The van der Waals surface area contributed by atoms with Gasteiger partial charge < -0.3 is 14.8 Å². The highest BCUT2D eigenvalue weighted by atomic mass is 19.1. The molecule has 0 aliphatic carbocycles. The lowest BCUT2D eigenvalue weighted by Crippen LogP contribution is -2.40. The molecule has 1 amide bonds. The molecule has 17 heavy (non-hydrogen) atoms. The van der Waals surface area contributed by atoms with Crippen molar-refractivity contribution in [1.82, 2.24) is 4.90 Å². The van der Waals surface area contributed by atoms with Gasteiger partial charge in [0, 0.05) is 17.5 Å². The predicted molar refractivity (Wildman–Crippen MR) is 58.0 cm³/mol. The van der Waals surface area contributed by atoms with E-state index in [9.17, 15) is 19.1 Å². The molecule has 1 aromatic carbocycles. The second-order valence-corrected chi connectivity index (χ2v) is 3.88. The number of hydrogen-bond acceptors (Lipinski definition) is 3. The van der Waals surface area contributed by atoms with E-state index < -0.39 is 24.9 Å². The van der Waals surface area contributed by atoms with E-state index in [-0.39, 0.29) is 6.42 Å². The van der Waals surface area contributed by atoms with Crippen molar-refractivity contribution in [1.29, 1.82) is 0 Å². The van der Waals surface area contributed by atoms with E-state index in [0.29, 0.717) is 17.4 Å². The van der Waals surface area contributed by atoms with Gasteiger partial charge in [0.25, 0.3) is 5.91 Å². The third kappa shape index (κ3) is 1.82. The summed E-state index contributed by atoms with van der Waals surface area (Å²) in [5.41, 5.74) is 0.825. The highest BCUT2D eigenvalue weighted by Gasteiger charge is 2.39. The Balaban J connectivity index is 2.34. The zero-order chi connectivity index (χ0) is 12.4. The number of aliphatic hydroxyl groups is 1. The molecular weight excluding hydrogens is 225 g/mol. The molecule has 1 aromatic rings. The number of halogens is 1. The molecule has 5 heteroatoms. The average Bonchev–Trinajstić information content (AvgIpc) is 2.61. The minimum Gasteiger partial charge on any atom is -0.369 e. The highest BCUT2D eigenvalue weighted by Crippen LogP contribution is 2.33. The first-order chi connectivity index (χ1) is 8.20. The van der Waals surface area contributed by atoms with E-state index in [1.807, 2.05) is 0 Å². The summed E-state index contributed by atoms with van der Waals surface area (Å²) in [5, 5.41) is 9.96. The second-order valence-electron chi connectivity index (χ2n) is 3.88. The summed E-state index contributed by atoms with van der Waals surface area (Å²) in [6, 6.07) is 5.67. The summed E-state index contributed by atoms with van der Waals surface area (Å²) >= 11 is 0. The molecule has 0 aromatic heterocycles. The van der Waals surface area contributed by atoms with Gasteiger partial charge in [-0.05, 0) is 6.07 Å². The number of carbonyl (C=O) groups excluding carboxylic acids is 2. The largest absolute Gasteiger partial charge is 0.369 e. The number of nitrogens with zero attached hydrogens (tertiary/aromatic N) is 1. The summed E-state index contributed by atoms with van der Waals surface area (Å²) in [6.45, 7) is -0.852. The van der Waals surface area contributed by atoms with E-state index >= 15 is 0 Å². The van der Waals surface area contributed by atoms with Crippen LogP contribution >= 0.6 is 0 Å². The van der Waals surface area contributed by atoms with Crippen molar-refractivity contribution >= 4 is 12.2 Å². The van der Waals surface area contributed by atoms with Gasteiger partial charge in [-0.1, -0.05) is 18.2 Å². The van der Waals surface area contributed by atoms with Crippen molar-refractivity contribution < 1.29 is 19.1 Å². The smallest absolute Gasteiger partial charge is 0.256 e. The van der Waals surface area contributed by atoms with Gasteiger partial charge in [0.1, 0.15) is 13.0 Å².